The van der Waals surface area contributed by atoms with Gasteiger partial charge in [0.05, 0.1) is 6.61 Å². The van der Waals surface area contributed by atoms with Crippen LogP contribution in [0.15, 0.2) is 54.6 Å². The Morgan fingerprint density at radius 3 is 1.83 bits per heavy atom. The van der Waals surface area contributed by atoms with Crippen LogP contribution in [0.4, 0.5) is 0 Å². The smallest absolute Gasteiger partial charge is 0.494 e. The molecule has 36 heavy (non-hydrogen) atoms. The number of hydrogen-bond donors (Lipinski definition) is 1. The van der Waals surface area contributed by atoms with Gasteiger partial charge in [-0.25, -0.2) is 4.79 Å². The van der Waals surface area contributed by atoms with Crippen LogP contribution in [0.1, 0.15) is 67.9 Å². The maximum absolute atomic E-state index is 12.7. The standard InChI is InChI=1S/C28H38O7Si/c1-4-33-36(34-5-2,35-6-3)22-10-8-7-9-21-32-26-18-16-25(17-19-26)28(31)24-14-11-23(12-15-24)13-20-27(29)30/h11-20H,4-10,21-22H2,1-3H3,(H,29,30). The van der Waals surface area contributed by atoms with Gasteiger partial charge in [0, 0.05) is 43.1 Å². The molecule has 0 saturated heterocycles. The zero-order valence-electron chi connectivity index (χ0n) is 21.5. The number of carboxylic acid groups (broad SMARTS) is 1. The number of benzene rings is 2. The Balaban J connectivity index is 1.74. The zero-order chi connectivity index (χ0) is 26.2. The van der Waals surface area contributed by atoms with Crippen LogP contribution in [0.5, 0.6) is 5.75 Å². The van der Waals surface area contributed by atoms with Gasteiger partial charge in [0.2, 0.25) is 0 Å². The van der Waals surface area contributed by atoms with Crippen LogP contribution in [0.2, 0.25) is 6.04 Å². The van der Waals surface area contributed by atoms with Gasteiger partial charge in [-0.05, 0) is 69.5 Å². The average molecular weight is 515 g/mol. The largest absolute Gasteiger partial charge is 0.500 e. The number of ketones is 1. The summed E-state index contributed by atoms with van der Waals surface area (Å²) in [5.41, 5.74) is 1.83. The fourth-order valence-corrected chi connectivity index (χ4v) is 6.46. The van der Waals surface area contributed by atoms with Gasteiger partial charge < -0.3 is 23.1 Å². The summed E-state index contributed by atoms with van der Waals surface area (Å²) in [6.07, 6.45) is 6.59. The number of carboxylic acids is 1. The molecule has 0 unspecified atom stereocenters. The lowest BCUT2D eigenvalue weighted by Gasteiger charge is -2.28. The first kappa shape index (κ1) is 29.4. The molecule has 0 amide bonds. The van der Waals surface area contributed by atoms with E-state index in [-0.39, 0.29) is 5.78 Å². The van der Waals surface area contributed by atoms with Crippen molar-refractivity contribution in [3.8, 4) is 5.75 Å². The Bertz CT molecular complexity index is 938. The summed E-state index contributed by atoms with van der Waals surface area (Å²) in [5.74, 6) is -0.375. The van der Waals surface area contributed by atoms with Gasteiger partial charge in [0.15, 0.2) is 5.78 Å². The molecule has 0 spiro atoms. The van der Waals surface area contributed by atoms with Crippen LogP contribution in [0.25, 0.3) is 6.08 Å². The SMILES string of the molecule is CCO[Si](CCCCCCOc1ccc(C(=O)c2ccc(C=CC(=O)O)cc2)cc1)(OCC)OCC. The van der Waals surface area contributed by atoms with Gasteiger partial charge >= 0.3 is 14.8 Å². The topological polar surface area (TPSA) is 91.3 Å². The summed E-state index contributed by atoms with van der Waals surface area (Å²) >= 11 is 0. The van der Waals surface area contributed by atoms with Crippen LogP contribution in [0, 0.1) is 0 Å². The molecular weight excluding hydrogens is 476 g/mol. The Hall–Kier alpha value is -2.78. The van der Waals surface area contributed by atoms with E-state index in [0.717, 1.165) is 49.1 Å². The highest BCUT2D eigenvalue weighted by atomic mass is 28.4. The molecule has 2 aromatic carbocycles. The first-order valence-corrected chi connectivity index (χ1v) is 14.6. The van der Waals surface area contributed by atoms with Crippen molar-refractivity contribution in [3.05, 3.63) is 71.3 Å². The molecule has 7 nitrogen and oxygen atoms in total. The highest BCUT2D eigenvalue weighted by Gasteiger charge is 2.39. The second-order valence-corrected chi connectivity index (χ2v) is 10.9. The fraction of sp³-hybridized carbons (Fsp3) is 0.429. The van der Waals surface area contributed by atoms with Crippen molar-refractivity contribution < 1.29 is 32.7 Å². The quantitative estimate of drug-likeness (QED) is 0.113. The van der Waals surface area contributed by atoms with E-state index in [1.165, 1.54) is 6.08 Å². The average Bonchev–Trinajstić information content (AvgIpc) is 2.87. The first-order chi connectivity index (χ1) is 17.4. The number of carbonyl (C=O) groups is 2. The molecule has 0 fully saturated rings. The Labute approximate surface area is 215 Å². The summed E-state index contributed by atoms with van der Waals surface area (Å²) in [6.45, 7) is 8.33. The third-order valence-electron chi connectivity index (χ3n) is 5.45. The van der Waals surface area contributed by atoms with Crippen molar-refractivity contribution in [2.45, 2.75) is 52.5 Å². The van der Waals surface area contributed by atoms with E-state index in [9.17, 15) is 9.59 Å². The minimum absolute atomic E-state index is 0.0962. The molecular formula is C28H38O7Si. The number of aliphatic carboxylic acids is 1. The second-order valence-electron chi connectivity index (χ2n) is 8.14. The van der Waals surface area contributed by atoms with Crippen LogP contribution in [0.3, 0.4) is 0 Å². The van der Waals surface area contributed by atoms with Gasteiger partial charge in [-0.3, -0.25) is 4.79 Å². The molecule has 0 heterocycles. The second kappa shape index (κ2) is 16.1. The lowest BCUT2D eigenvalue weighted by molar-refractivity contribution is -0.131. The summed E-state index contributed by atoms with van der Waals surface area (Å²) in [7, 11) is -2.55. The number of rotatable bonds is 18. The summed E-state index contributed by atoms with van der Waals surface area (Å²) < 4.78 is 23.5. The monoisotopic (exact) mass is 514 g/mol. The third kappa shape index (κ3) is 10.1. The number of unbranched alkanes of at least 4 members (excludes halogenated alkanes) is 3. The summed E-state index contributed by atoms with van der Waals surface area (Å²) in [5, 5.41) is 8.70. The highest BCUT2D eigenvalue weighted by molar-refractivity contribution is 6.60. The maximum atomic E-state index is 12.7. The van der Waals surface area contributed by atoms with E-state index in [0.29, 0.717) is 37.6 Å². The normalized spacial score (nSPS) is 11.6. The van der Waals surface area contributed by atoms with E-state index < -0.39 is 14.8 Å². The van der Waals surface area contributed by atoms with Crippen molar-refractivity contribution >= 4 is 26.6 Å². The molecule has 0 radical (unpaired) electrons. The van der Waals surface area contributed by atoms with E-state index in [1.807, 2.05) is 32.9 Å². The molecule has 1 N–H and O–H groups in total. The lowest BCUT2D eigenvalue weighted by atomic mass is 10.0. The lowest BCUT2D eigenvalue weighted by Crippen LogP contribution is -2.45. The molecule has 0 aliphatic rings. The minimum Gasteiger partial charge on any atom is -0.494 e. The first-order valence-electron chi connectivity index (χ1n) is 12.6. The van der Waals surface area contributed by atoms with E-state index in [2.05, 4.69) is 0 Å². The van der Waals surface area contributed by atoms with E-state index in [1.54, 1.807) is 36.4 Å². The molecule has 0 bridgehead atoms. The van der Waals surface area contributed by atoms with Gasteiger partial charge in [-0.15, -0.1) is 0 Å². The molecule has 0 aliphatic carbocycles. The number of ether oxygens (including phenoxy) is 1. The molecule has 2 rings (SSSR count). The van der Waals surface area contributed by atoms with Crippen LogP contribution in [-0.4, -0.2) is 52.1 Å². The van der Waals surface area contributed by atoms with Crippen molar-refractivity contribution in [2.75, 3.05) is 26.4 Å². The number of hydrogen-bond acceptors (Lipinski definition) is 6. The van der Waals surface area contributed by atoms with Gasteiger partial charge in [-0.1, -0.05) is 37.1 Å². The highest BCUT2D eigenvalue weighted by Crippen LogP contribution is 2.21. The molecule has 0 saturated carbocycles. The van der Waals surface area contributed by atoms with Crippen LogP contribution < -0.4 is 4.74 Å². The Morgan fingerprint density at radius 2 is 1.31 bits per heavy atom. The predicted octanol–water partition coefficient (Wildman–Crippen LogP) is 6.00. The van der Waals surface area contributed by atoms with E-state index >= 15 is 0 Å². The molecule has 8 heteroatoms. The van der Waals surface area contributed by atoms with Crippen molar-refractivity contribution in [1.29, 1.82) is 0 Å². The van der Waals surface area contributed by atoms with Crippen molar-refractivity contribution in [2.24, 2.45) is 0 Å². The summed E-state index contributed by atoms with van der Waals surface area (Å²) in [4.78, 5) is 23.3. The molecule has 2 aromatic rings. The zero-order valence-corrected chi connectivity index (χ0v) is 22.5. The van der Waals surface area contributed by atoms with Gasteiger partial charge in [0.1, 0.15) is 5.75 Å². The molecule has 0 atom stereocenters. The molecule has 0 aliphatic heterocycles. The molecule has 196 valence electrons. The van der Waals surface area contributed by atoms with Crippen molar-refractivity contribution in [1.82, 2.24) is 0 Å². The minimum atomic E-state index is -2.55. The fourth-order valence-electron chi connectivity index (χ4n) is 3.77. The van der Waals surface area contributed by atoms with Crippen LogP contribution in [-0.2, 0) is 18.1 Å². The third-order valence-corrected chi connectivity index (χ3v) is 8.60. The number of carbonyl (C=O) groups excluding carboxylic acids is 1. The van der Waals surface area contributed by atoms with Gasteiger partial charge in [0.25, 0.3) is 0 Å². The van der Waals surface area contributed by atoms with E-state index in [4.69, 9.17) is 23.1 Å². The Morgan fingerprint density at radius 1 is 0.778 bits per heavy atom. The predicted molar refractivity (Wildman–Crippen MR) is 142 cm³/mol. The molecule has 0 aromatic heterocycles. The Kier molecular flexibility index (Phi) is 13.1. The van der Waals surface area contributed by atoms with Crippen molar-refractivity contribution in [3.63, 3.8) is 0 Å². The van der Waals surface area contributed by atoms with Gasteiger partial charge in [-0.2, -0.15) is 0 Å². The van der Waals surface area contributed by atoms with Crippen LogP contribution >= 0.6 is 0 Å². The summed E-state index contributed by atoms with van der Waals surface area (Å²) in [6, 6.07) is 14.8. The maximum Gasteiger partial charge on any atom is 0.500 e.